The Balaban J connectivity index is 4.36. The number of nitrogens with two attached hydrogens (primary N) is 1. The van der Waals surface area contributed by atoms with Gasteiger partial charge in [-0.15, -0.1) is 0 Å². The number of hydrogen-bond donors (Lipinski definition) is 2. The lowest BCUT2D eigenvalue weighted by atomic mass is 10.1. The van der Waals surface area contributed by atoms with Crippen molar-refractivity contribution >= 4 is 19.8 Å². The summed E-state index contributed by atoms with van der Waals surface area (Å²) in [6.45, 7) is 3.57. The molecule has 2 atom stereocenters. The average molecular weight is 764 g/mol. The summed E-state index contributed by atoms with van der Waals surface area (Å²) in [5.74, 6) is -0.940. The number of esters is 2. The molecule has 9 nitrogen and oxygen atoms in total. The Labute approximate surface area is 322 Å². The average Bonchev–Trinajstić information content (AvgIpc) is 3.14. The standard InChI is InChI=1S/C43H74NO8P/c1-3-5-7-9-11-13-15-17-19-20-22-23-25-27-29-31-33-35-42(45)49-39-41(40-51-53(47,48)50-38-37-44)52-43(46)36-34-32-30-28-26-24-21-18-16-14-12-10-8-6-4-2/h11,13,17-19,21-23,26-29,41H,3-10,12,14-16,20,24-25,30-40,44H2,1-2H3,(H,47,48)/b13-11+,19-17+,21-18+,23-22+,28-26+,29-27+/t41-/m1/s1. The van der Waals surface area contributed by atoms with Gasteiger partial charge in [-0.25, -0.2) is 4.57 Å². The van der Waals surface area contributed by atoms with Crippen molar-refractivity contribution in [1.29, 1.82) is 0 Å². The van der Waals surface area contributed by atoms with Crippen LogP contribution in [-0.2, 0) is 32.7 Å². The lowest BCUT2D eigenvalue weighted by Gasteiger charge is -2.19. The molecule has 0 heterocycles. The van der Waals surface area contributed by atoms with E-state index in [2.05, 4.69) is 80.7 Å². The Morgan fingerprint density at radius 2 is 1.00 bits per heavy atom. The summed E-state index contributed by atoms with van der Waals surface area (Å²) >= 11 is 0. The molecule has 0 fully saturated rings. The van der Waals surface area contributed by atoms with Gasteiger partial charge in [-0.3, -0.25) is 18.6 Å². The van der Waals surface area contributed by atoms with Gasteiger partial charge in [0.2, 0.25) is 0 Å². The normalized spacial score (nSPS) is 14.1. The number of ether oxygens (including phenoxy) is 2. The van der Waals surface area contributed by atoms with Crippen LogP contribution < -0.4 is 5.73 Å². The number of rotatable bonds is 37. The highest BCUT2D eigenvalue weighted by molar-refractivity contribution is 7.47. The fourth-order valence-electron chi connectivity index (χ4n) is 5.01. The van der Waals surface area contributed by atoms with E-state index in [1.807, 2.05) is 6.08 Å². The summed E-state index contributed by atoms with van der Waals surface area (Å²) in [7, 11) is -4.40. The van der Waals surface area contributed by atoms with Crippen LogP contribution in [0.2, 0.25) is 0 Å². The third-order valence-electron chi connectivity index (χ3n) is 8.06. The molecule has 0 saturated heterocycles. The Morgan fingerprint density at radius 3 is 1.55 bits per heavy atom. The van der Waals surface area contributed by atoms with Crippen LogP contribution in [0, 0.1) is 0 Å². The van der Waals surface area contributed by atoms with Gasteiger partial charge in [-0.1, -0.05) is 132 Å². The third-order valence-corrected chi connectivity index (χ3v) is 9.05. The van der Waals surface area contributed by atoms with Crippen molar-refractivity contribution in [3.05, 3.63) is 72.9 Å². The topological polar surface area (TPSA) is 134 Å². The third kappa shape index (κ3) is 39.0. The molecule has 1 unspecified atom stereocenters. The molecule has 0 aromatic heterocycles. The minimum absolute atomic E-state index is 0.0378. The second-order valence-electron chi connectivity index (χ2n) is 13.1. The number of carbonyl (C=O) groups is 2. The number of phosphoric ester groups is 1. The van der Waals surface area contributed by atoms with Crippen LogP contribution >= 0.6 is 7.82 Å². The predicted octanol–water partition coefficient (Wildman–Crippen LogP) is 11.5. The molecule has 0 rings (SSSR count). The first-order chi connectivity index (χ1) is 25.8. The lowest BCUT2D eigenvalue weighted by Crippen LogP contribution is -2.29. The highest BCUT2D eigenvalue weighted by atomic mass is 31.2. The molecule has 0 amide bonds. The summed E-state index contributed by atoms with van der Waals surface area (Å²) in [5.41, 5.74) is 5.33. The summed E-state index contributed by atoms with van der Waals surface area (Å²) in [6, 6.07) is 0. The molecule has 0 spiro atoms. The van der Waals surface area contributed by atoms with Gasteiger partial charge in [0.25, 0.3) is 0 Å². The Bertz CT molecular complexity index is 1100. The number of carbonyl (C=O) groups excluding carboxylic acids is 2. The van der Waals surface area contributed by atoms with Crippen LogP contribution in [0.3, 0.4) is 0 Å². The smallest absolute Gasteiger partial charge is 0.462 e. The van der Waals surface area contributed by atoms with Crippen LogP contribution in [0.4, 0.5) is 0 Å². The molecular weight excluding hydrogens is 689 g/mol. The highest BCUT2D eigenvalue weighted by Crippen LogP contribution is 2.43. The molecule has 0 aromatic rings. The molecular formula is C43H74NO8P. The molecule has 0 radical (unpaired) electrons. The van der Waals surface area contributed by atoms with Gasteiger partial charge in [-0.05, 0) is 83.5 Å². The number of allylic oxidation sites excluding steroid dienone is 12. The molecule has 0 aromatic carbocycles. The molecule has 0 aliphatic heterocycles. The van der Waals surface area contributed by atoms with Crippen molar-refractivity contribution in [3.63, 3.8) is 0 Å². The van der Waals surface area contributed by atoms with E-state index >= 15 is 0 Å². The van der Waals surface area contributed by atoms with E-state index in [9.17, 15) is 19.0 Å². The van der Waals surface area contributed by atoms with Gasteiger partial charge in [0.05, 0.1) is 13.2 Å². The van der Waals surface area contributed by atoms with E-state index in [4.69, 9.17) is 24.3 Å². The molecule has 0 saturated carbocycles. The number of phosphoric acid groups is 1. The zero-order valence-electron chi connectivity index (χ0n) is 33.2. The second-order valence-corrected chi connectivity index (χ2v) is 14.6. The molecule has 0 bridgehead atoms. The Kier molecular flexibility index (Phi) is 37.3. The van der Waals surface area contributed by atoms with Crippen LogP contribution in [0.25, 0.3) is 0 Å². The van der Waals surface area contributed by atoms with Gasteiger partial charge >= 0.3 is 19.8 Å². The fraction of sp³-hybridized carbons (Fsp3) is 0.674. The van der Waals surface area contributed by atoms with Crippen molar-refractivity contribution < 1.29 is 37.6 Å². The first-order valence-electron chi connectivity index (χ1n) is 20.4. The summed E-state index contributed by atoms with van der Waals surface area (Å²) in [6.07, 6.45) is 46.6. The zero-order valence-corrected chi connectivity index (χ0v) is 34.1. The largest absolute Gasteiger partial charge is 0.472 e. The first-order valence-corrected chi connectivity index (χ1v) is 21.9. The van der Waals surface area contributed by atoms with E-state index in [-0.39, 0.29) is 32.6 Å². The first kappa shape index (κ1) is 50.5. The maximum absolute atomic E-state index is 12.5. The van der Waals surface area contributed by atoms with Gasteiger partial charge in [0.1, 0.15) is 6.61 Å². The summed E-state index contributed by atoms with van der Waals surface area (Å²) in [5, 5.41) is 0. The van der Waals surface area contributed by atoms with Crippen LogP contribution in [0.5, 0.6) is 0 Å². The molecule has 3 N–H and O–H groups in total. The van der Waals surface area contributed by atoms with Gasteiger partial charge in [0.15, 0.2) is 6.10 Å². The van der Waals surface area contributed by atoms with Gasteiger partial charge in [-0.2, -0.15) is 0 Å². The number of unbranched alkanes of at least 4 members (excludes halogenated alkanes) is 12. The van der Waals surface area contributed by atoms with Crippen molar-refractivity contribution in [1.82, 2.24) is 0 Å². The lowest BCUT2D eigenvalue weighted by molar-refractivity contribution is -0.161. The Hall–Kier alpha value is -2.55. The summed E-state index contributed by atoms with van der Waals surface area (Å²) < 4.78 is 32.6. The SMILES string of the molecule is CCCCC/C=C/C/C=C/C/C=C/C/C=C/CCCC(=O)OC[C@H](COP(=O)(O)OCCN)OC(=O)CCCC/C=C/C/C=C/CCCCCCCC. The Morgan fingerprint density at radius 1 is 0.566 bits per heavy atom. The van der Waals surface area contributed by atoms with E-state index < -0.39 is 32.5 Å². The minimum atomic E-state index is -4.40. The fourth-order valence-corrected chi connectivity index (χ4v) is 5.77. The van der Waals surface area contributed by atoms with E-state index in [1.165, 1.54) is 64.2 Å². The molecule has 0 aliphatic rings. The quantitative estimate of drug-likeness (QED) is 0.0274. The van der Waals surface area contributed by atoms with Crippen LogP contribution in [0.15, 0.2) is 72.9 Å². The van der Waals surface area contributed by atoms with Crippen molar-refractivity contribution in [2.24, 2.45) is 5.73 Å². The molecule has 0 aliphatic carbocycles. The second kappa shape index (κ2) is 39.2. The van der Waals surface area contributed by atoms with Gasteiger partial charge < -0.3 is 20.1 Å². The van der Waals surface area contributed by atoms with E-state index in [0.717, 1.165) is 51.4 Å². The predicted molar refractivity (Wildman–Crippen MR) is 219 cm³/mol. The highest BCUT2D eigenvalue weighted by Gasteiger charge is 2.25. The zero-order chi connectivity index (χ0) is 38.9. The molecule has 304 valence electrons. The van der Waals surface area contributed by atoms with Crippen molar-refractivity contribution in [3.8, 4) is 0 Å². The van der Waals surface area contributed by atoms with Crippen molar-refractivity contribution in [2.75, 3.05) is 26.4 Å². The molecule has 10 heteroatoms. The van der Waals surface area contributed by atoms with E-state index in [0.29, 0.717) is 12.8 Å². The monoisotopic (exact) mass is 764 g/mol. The van der Waals surface area contributed by atoms with Gasteiger partial charge in [0, 0.05) is 19.4 Å². The summed E-state index contributed by atoms with van der Waals surface area (Å²) in [4.78, 5) is 34.7. The maximum Gasteiger partial charge on any atom is 0.472 e. The van der Waals surface area contributed by atoms with E-state index in [1.54, 1.807) is 0 Å². The molecule has 53 heavy (non-hydrogen) atoms. The van der Waals surface area contributed by atoms with Crippen molar-refractivity contribution in [2.45, 2.75) is 161 Å². The minimum Gasteiger partial charge on any atom is -0.462 e. The number of hydrogen-bond acceptors (Lipinski definition) is 8. The van der Waals surface area contributed by atoms with Crippen LogP contribution in [0.1, 0.15) is 155 Å². The van der Waals surface area contributed by atoms with Crippen LogP contribution in [-0.4, -0.2) is 49.3 Å². The maximum atomic E-state index is 12.5.